The summed E-state index contributed by atoms with van der Waals surface area (Å²) in [4.78, 5) is 12.4. The van der Waals surface area contributed by atoms with E-state index in [4.69, 9.17) is 22.8 Å². The molecule has 0 unspecified atom stereocenters. The summed E-state index contributed by atoms with van der Waals surface area (Å²) < 4.78 is 28.5. The molecule has 1 aliphatic rings. The first-order chi connectivity index (χ1) is 17.5. The Labute approximate surface area is 220 Å². The van der Waals surface area contributed by atoms with Gasteiger partial charge < -0.3 is 22.8 Å². The summed E-state index contributed by atoms with van der Waals surface area (Å²) in [6.07, 6.45) is 10.7. The van der Waals surface area contributed by atoms with E-state index in [9.17, 15) is 4.79 Å². The van der Waals surface area contributed by atoms with Gasteiger partial charge in [-0.15, -0.1) is 0 Å². The van der Waals surface area contributed by atoms with Gasteiger partial charge in [-0.05, 0) is 76.0 Å². The second kappa shape index (κ2) is 17.0. The summed E-state index contributed by atoms with van der Waals surface area (Å²) in [6, 6.07) is 8.63. The van der Waals surface area contributed by atoms with Gasteiger partial charge in [-0.1, -0.05) is 51.3 Å². The van der Waals surface area contributed by atoms with Crippen molar-refractivity contribution in [1.82, 2.24) is 0 Å². The monoisotopic (exact) mass is 520 g/mol. The number of unbranched alkanes of at least 4 members (excludes halogenated alkanes) is 2. The molecule has 0 amide bonds. The third-order valence-corrected chi connectivity index (χ3v) is 9.86. The summed E-state index contributed by atoms with van der Waals surface area (Å²) in [5.41, 5.74) is 1.70. The first-order valence-electron chi connectivity index (χ1n) is 14.0. The molecule has 1 aromatic carbocycles. The van der Waals surface area contributed by atoms with Crippen LogP contribution in [-0.2, 0) is 22.8 Å². The number of benzene rings is 1. The Bertz CT molecular complexity index is 741. The van der Waals surface area contributed by atoms with Gasteiger partial charge >= 0.3 is 14.8 Å². The standard InChI is InChI=1S/C29H48O6Si/c1-6-10-11-12-25-13-15-26(16-14-25)27-17-19-28(20-18-27)31-21-22-32-29(30)24(5)23-36(33-7-2,34-8-3)35-9-4/h17-20,25-26H,5-16,21-23H2,1-4H3. The van der Waals surface area contributed by atoms with Gasteiger partial charge in [0.1, 0.15) is 19.0 Å². The van der Waals surface area contributed by atoms with Gasteiger partial charge in [-0.25, -0.2) is 4.79 Å². The van der Waals surface area contributed by atoms with Crippen LogP contribution in [0.15, 0.2) is 36.4 Å². The zero-order chi connectivity index (χ0) is 26.2. The Morgan fingerprint density at radius 3 is 2.06 bits per heavy atom. The zero-order valence-corrected chi connectivity index (χ0v) is 24.0. The van der Waals surface area contributed by atoms with Crippen LogP contribution in [0.1, 0.15) is 90.5 Å². The number of rotatable bonds is 18. The lowest BCUT2D eigenvalue weighted by molar-refractivity contribution is -0.139. The minimum Gasteiger partial charge on any atom is -0.490 e. The quantitative estimate of drug-likeness (QED) is 0.0893. The molecule has 7 heteroatoms. The van der Waals surface area contributed by atoms with Crippen LogP contribution in [0, 0.1) is 5.92 Å². The smallest absolute Gasteiger partial charge is 0.490 e. The molecule has 0 atom stereocenters. The van der Waals surface area contributed by atoms with Crippen LogP contribution in [0.5, 0.6) is 5.75 Å². The second-order valence-corrected chi connectivity index (χ2v) is 12.1. The number of hydrogen-bond acceptors (Lipinski definition) is 6. The lowest BCUT2D eigenvalue weighted by atomic mass is 9.77. The van der Waals surface area contributed by atoms with Crippen LogP contribution in [0.3, 0.4) is 0 Å². The van der Waals surface area contributed by atoms with E-state index >= 15 is 0 Å². The molecule has 0 radical (unpaired) electrons. The van der Waals surface area contributed by atoms with E-state index in [1.54, 1.807) is 0 Å². The van der Waals surface area contributed by atoms with Crippen molar-refractivity contribution in [3.05, 3.63) is 42.0 Å². The third kappa shape index (κ3) is 10.4. The van der Waals surface area contributed by atoms with Crippen LogP contribution in [-0.4, -0.2) is 47.8 Å². The highest BCUT2D eigenvalue weighted by Gasteiger charge is 2.42. The van der Waals surface area contributed by atoms with Crippen LogP contribution >= 0.6 is 0 Å². The lowest BCUT2D eigenvalue weighted by Gasteiger charge is -2.29. The summed E-state index contributed by atoms with van der Waals surface area (Å²) in [5.74, 6) is 1.90. The molecule has 2 rings (SSSR count). The van der Waals surface area contributed by atoms with E-state index in [1.807, 2.05) is 32.9 Å². The highest BCUT2D eigenvalue weighted by atomic mass is 28.4. The summed E-state index contributed by atoms with van der Waals surface area (Å²) in [6.45, 7) is 13.6. The highest BCUT2D eigenvalue weighted by Crippen LogP contribution is 2.38. The summed E-state index contributed by atoms with van der Waals surface area (Å²) in [5, 5.41) is 0. The van der Waals surface area contributed by atoms with Crippen molar-refractivity contribution in [1.29, 1.82) is 0 Å². The van der Waals surface area contributed by atoms with Gasteiger partial charge in [0.2, 0.25) is 0 Å². The number of hydrogen-bond donors (Lipinski definition) is 0. The van der Waals surface area contributed by atoms with Gasteiger partial charge in [0.15, 0.2) is 0 Å². The van der Waals surface area contributed by atoms with E-state index in [1.165, 1.54) is 56.9 Å². The maximum absolute atomic E-state index is 12.4. The molecule has 1 aromatic rings. The van der Waals surface area contributed by atoms with Gasteiger partial charge in [-0.3, -0.25) is 0 Å². The fourth-order valence-electron chi connectivity index (χ4n) is 4.97. The Morgan fingerprint density at radius 2 is 1.50 bits per heavy atom. The Balaban J connectivity index is 1.71. The third-order valence-electron chi connectivity index (χ3n) is 6.81. The summed E-state index contributed by atoms with van der Waals surface area (Å²) >= 11 is 0. The Kier molecular flexibility index (Phi) is 14.4. The molecule has 36 heavy (non-hydrogen) atoms. The van der Waals surface area contributed by atoms with E-state index in [0.717, 1.165) is 11.7 Å². The van der Waals surface area contributed by atoms with E-state index < -0.39 is 14.8 Å². The van der Waals surface area contributed by atoms with Crippen molar-refractivity contribution in [2.75, 3.05) is 33.0 Å². The molecule has 0 aliphatic heterocycles. The van der Waals surface area contributed by atoms with E-state index in [-0.39, 0.29) is 19.3 Å². The molecular weight excluding hydrogens is 472 g/mol. The minimum atomic E-state index is -2.98. The Morgan fingerprint density at radius 1 is 0.889 bits per heavy atom. The number of carbonyl (C=O) groups excluding carboxylic acids is 1. The minimum absolute atomic E-state index is 0.147. The van der Waals surface area contributed by atoms with Crippen LogP contribution in [0.25, 0.3) is 0 Å². The molecule has 1 fully saturated rings. The fourth-order valence-corrected chi connectivity index (χ4v) is 7.51. The molecular formula is C29H48O6Si. The van der Waals surface area contributed by atoms with Crippen LogP contribution in [0.2, 0.25) is 6.04 Å². The molecule has 1 saturated carbocycles. The van der Waals surface area contributed by atoms with Crippen LogP contribution < -0.4 is 4.74 Å². The molecule has 6 nitrogen and oxygen atoms in total. The number of esters is 1. The van der Waals surface area contributed by atoms with Crippen molar-refractivity contribution in [2.45, 2.75) is 91.0 Å². The largest absolute Gasteiger partial charge is 0.505 e. The Hall–Kier alpha value is -1.67. The maximum Gasteiger partial charge on any atom is 0.505 e. The number of ether oxygens (including phenoxy) is 2. The zero-order valence-electron chi connectivity index (χ0n) is 23.0. The highest BCUT2D eigenvalue weighted by molar-refractivity contribution is 6.62. The van der Waals surface area contributed by atoms with Crippen molar-refractivity contribution in [3.8, 4) is 5.75 Å². The lowest BCUT2D eigenvalue weighted by Crippen LogP contribution is -2.46. The van der Waals surface area contributed by atoms with Gasteiger partial charge in [0.05, 0.1) is 0 Å². The average Bonchev–Trinajstić information content (AvgIpc) is 2.88. The predicted molar refractivity (Wildman–Crippen MR) is 146 cm³/mol. The van der Waals surface area contributed by atoms with Crippen LogP contribution in [0.4, 0.5) is 0 Å². The van der Waals surface area contributed by atoms with Gasteiger partial charge in [0, 0.05) is 31.4 Å². The molecule has 0 spiro atoms. The van der Waals surface area contributed by atoms with E-state index in [2.05, 4.69) is 25.6 Å². The van der Waals surface area contributed by atoms with Crippen molar-refractivity contribution in [2.24, 2.45) is 5.92 Å². The normalized spacial score (nSPS) is 18.1. The maximum atomic E-state index is 12.4. The van der Waals surface area contributed by atoms with Gasteiger partial charge in [-0.2, -0.15) is 0 Å². The van der Waals surface area contributed by atoms with Crippen molar-refractivity contribution < 1.29 is 27.5 Å². The molecule has 0 saturated heterocycles. The second-order valence-electron chi connectivity index (χ2n) is 9.53. The molecule has 0 heterocycles. The van der Waals surface area contributed by atoms with Crippen molar-refractivity contribution >= 4 is 14.8 Å². The molecule has 1 aliphatic carbocycles. The topological polar surface area (TPSA) is 63.2 Å². The van der Waals surface area contributed by atoms with Gasteiger partial charge in [0.25, 0.3) is 0 Å². The molecule has 204 valence electrons. The molecule has 0 bridgehead atoms. The summed E-state index contributed by atoms with van der Waals surface area (Å²) in [7, 11) is -2.98. The predicted octanol–water partition coefficient (Wildman–Crippen LogP) is 7.07. The molecule has 0 aromatic heterocycles. The first-order valence-corrected chi connectivity index (χ1v) is 15.9. The average molecular weight is 521 g/mol. The number of carbonyl (C=O) groups is 1. The SMILES string of the molecule is C=C(C[Si](OCC)(OCC)OCC)C(=O)OCCOc1ccc(C2CCC(CCCCC)CC2)cc1. The van der Waals surface area contributed by atoms with E-state index in [0.29, 0.717) is 31.3 Å². The first kappa shape index (κ1) is 30.6. The van der Waals surface area contributed by atoms with Crippen molar-refractivity contribution in [3.63, 3.8) is 0 Å². The fraction of sp³-hybridized carbons (Fsp3) is 0.690. The molecule has 0 N–H and O–H groups in total.